The molecule has 0 aliphatic rings. The second-order valence-electron chi connectivity index (χ2n) is 6.66. The number of carboxylic acids is 4. The molecule has 0 saturated carbocycles. The van der Waals surface area contributed by atoms with Crippen molar-refractivity contribution in [3.05, 3.63) is 91.1 Å². The zero-order valence-electron chi connectivity index (χ0n) is 21.0. The molecule has 0 amide bonds. The van der Waals surface area contributed by atoms with Crippen molar-refractivity contribution in [2.45, 2.75) is 47.0 Å². The Morgan fingerprint density at radius 3 is 1.37 bits per heavy atom. The van der Waals surface area contributed by atoms with Crippen LogP contribution in [0.1, 0.15) is 52.5 Å². The van der Waals surface area contributed by atoms with Gasteiger partial charge < -0.3 is 20.4 Å². The Hall–Kier alpha value is -4.20. The molecule has 1 aromatic carbocycles. The number of unbranched alkanes of at least 4 members (excludes halogenated alkanes) is 2. The molecule has 0 aliphatic carbocycles. The summed E-state index contributed by atoms with van der Waals surface area (Å²) in [4.78, 5) is 38.7. The highest BCUT2D eigenvalue weighted by Gasteiger charge is 1.96. The molecule has 194 valence electrons. The average molecular weight is 491 g/mol. The van der Waals surface area contributed by atoms with Crippen molar-refractivity contribution in [1.82, 2.24) is 0 Å². The molecule has 0 saturated heterocycles. The monoisotopic (exact) mass is 490 g/mol. The SMILES string of the molecule is C=C(C)C(=O)O.C=C(C)C(=O)O.C=CC(=O)O.C=Cc1ccccc1.CCCCC=C(C)C(=O)O. The Morgan fingerprint density at radius 1 is 0.800 bits per heavy atom. The third-order valence-electron chi connectivity index (χ3n) is 3.29. The summed E-state index contributed by atoms with van der Waals surface area (Å²) in [7, 11) is 0. The molecule has 0 fully saturated rings. The van der Waals surface area contributed by atoms with E-state index in [0.717, 1.165) is 25.3 Å². The van der Waals surface area contributed by atoms with Gasteiger partial charge in [-0.3, -0.25) is 0 Å². The Kier molecular flexibility index (Phi) is 28.3. The van der Waals surface area contributed by atoms with Gasteiger partial charge in [-0.15, -0.1) is 0 Å². The molecule has 8 nitrogen and oxygen atoms in total. The van der Waals surface area contributed by atoms with Gasteiger partial charge >= 0.3 is 23.9 Å². The minimum Gasteiger partial charge on any atom is -0.478 e. The Balaban J connectivity index is -0.000000176. The number of hydrogen-bond donors (Lipinski definition) is 4. The van der Waals surface area contributed by atoms with Gasteiger partial charge in [0.25, 0.3) is 0 Å². The smallest absolute Gasteiger partial charge is 0.330 e. The summed E-state index contributed by atoms with van der Waals surface area (Å²) in [6, 6.07) is 10.0. The van der Waals surface area contributed by atoms with Crippen molar-refractivity contribution in [3.8, 4) is 0 Å². The lowest BCUT2D eigenvalue weighted by Crippen LogP contribution is -1.95. The van der Waals surface area contributed by atoms with E-state index in [1.807, 2.05) is 36.4 Å². The fourth-order valence-corrected chi connectivity index (χ4v) is 1.20. The average Bonchev–Trinajstić information content (AvgIpc) is 2.81. The lowest BCUT2D eigenvalue weighted by Gasteiger charge is -1.91. The van der Waals surface area contributed by atoms with Crippen LogP contribution in [0.5, 0.6) is 0 Å². The molecule has 4 N–H and O–H groups in total. The number of allylic oxidation sites excluding steroid dienone is 1. The first kappa shape index (κ1) is 38.1. The van der Waals surface area contributed by atoms with Crippen molar-refractivity contribution in [1.29, 1.82) is 0 Å². The molecule has 0 heterocycles. The highest BCUT2D eigenvalue weighted by Crippen LogP contribution is 2.00. The molecule has 35 heavy (non-hydrogen) atoms. The second kappa shape index (κ2) is 26.1. The van der Waals surface area contributed by atoms with Crippen LogP contribution in [0.4, 0.5) is 0 Å². The van der Waals surface area contributed by atoms with E-state index in [2.05, 4.69) is 33.2 Å². The number of carbonyl (C=O) groups is 4. The minimum absolute atomic E-state index is 0.176. The summed E-state index contributed by atoms with van der Waals surface area (Å²) in [6.07, 6.45) is 7.51. The molecule has 0 aliphatic heterocycles. The third-order valence-corrected chi connectivity index (χ3v) is 3.29. The lowest BCUT2D eigenvalue weighted by molar-refractivity contribution is -0.133. The Bertz CT molecular complexity index is 801. The van der Waals surface area contributed by atoms with Crippen molar-refractivity contribution in [2.75, 3.05) is 0 Å². The van der Waals surface area contributed by atoms with Crippen LogP contribution in [0.2, 0.25) is 0 Å². The van der Waals surface area contributed by atoms with E-state index in [-0.39, 0.29) is 11.1 Å². The highest BCUT2D eigenvalue weighted by atomic mass is 16.4. The van der Waals surface area contributed by atoms with Crippen molar-refractivity contribution in [2.24, 2.45) is 0 Å². The van der Waals surface area contributed by atoms with Gasteiger partial charge in [0.1, 0.15) is 0 Å². The van der Waals surface area contributed by atoms with Gasteiger partial charge in [-0.25, -0.2) is 19.2 Å². The van der Waals surface area contributed by atoms with E-state index >= 15 is 0 Å². The van der Waals surface area contributed by atoms with Gasteiger partial charge in [0.2, 0.25) is 0 Å². The lowest BCUT2D eigenvalue weighted by atomic mass is 10.2. The summed E-state index contributed by atoms with van der Waals surface area (Å²) < 4.78 is 0. The first-order chi connectivity index (χ1) is 16.2. The molecule has 1 aromatic rings. The molecule has 0 unspecified atom stereocenters. The first-order valence-corrected chi connectivity index (χ1v) is 10.4. The van der Waals surface area contributed by atoms with Crippen LogP contribution in [0.25, 0.3) is 6.08 Å². The van der Waals surface area contributed by atoms with Crippen molar-refractivity contribution < 1.29 is 39.6 Å². The maximum Gasteiger partial charge on any atom is 0.330 e. The zero-order valence-corrected chi connectivity index (χ0v) is 21.0. The Labute approximate surface area is 207 Å². The standard InChI is InChI=1S/C8H14O2.C8H8.2C4H6O2.C3H4O2/c1-3-4-5-6-7(2)8(9)10;1-2-8-6-4-3-5-7-8;2*1-3(2)4(5)6;1-2-3(4)5/h6H,3-5H2,1-2H3,(H,9,10);2-7H,1H2;2*1H2,2H3,(H,5,6);2H,1H2,(H,4,5). The topological polar surface area (TPSA) is 149 Å². The van der Waals surface area contributed by atoms with Crippen LogP contribution in [0.3, 0.4) is 0 Å². The fourth-order valence-electron chi connectivity index (χ4n) is 1.20. The summed E-state index contributed by atoms with van der Waals surface area (Å²) in [5, 5.41) is 31.8. The second-order valence-corrected chi connectivity index (χ2v) is 6.66. The van der Waals surface area contributed by atoms with Crippen LogP contribution < -0.4 is 0 Å². The summed E-state index contributed by atoms with van der Waals surface area (Å²) >= 11 is 0. The molecule has 8 heteroatoms. The first-order valence-electron chi connectivity index (χ1n) is 10.4. The molecule has 0 atom stereocenters. The van der Waals surface area contributed by atoms with E-state index < -0.39 is 23.9 Å². The van der Waals surface area contributed by atoms with Gasteiger partial charge in [0.05, 0.1) is 0 Å². The number of carboxylic acid groups (broad SMARTS) is 4. The van der Waals surface area contributed by atoms with Crippen molar-refractivity contribution >= 4 is 30.0 Å². The van der Waals surface area contributed by atoms with Gasteiger partial charge in [0, 0.05) is 22.8 Å². The van der Waals surface area contributed by atoms with Crippen LogP contribution in [-0.4, -0.2) is 44.3 Å². The van der Waals surface area contributed by atoms with Crippen LogP contribution in [0, 0.1) is 0 Å². The molecule has 0 aromatic heterocycles. The van der Waals surface area contributed by atoms with E-state index in [0.29, 0.717) is 5.57 Å². The Morgan fingerprint density at radius 2 is 1.17 bits per heavy atom. The number of hydrogen-bond acceptors (Lipinski definition) is 4. The maximum atomic E-state index is 10.2. The largest absolute Gasteiger partial charge is 0.478 e. The van der Waals surface area contributed by atoms with Gasteiger partial charge in [-0.05, 0) is 32.8 Å². The fraction of sp³-hybridized carbons (Fsp3) is 0.259. The van der Waals surface area contributed by atoms with Crippen LogP contribution >= 0.6 is 0 Å². The van der Waals surface area contributed by atoms with Gasteiger partial charge in [-0.1, -0.05) is 88.6 Å². The molecular formula is C27H38O8. The number of rotatable bonds is 8. The molecule has 0 spiro atoms. The highest BCUT2D eigenvalue weighted by molar-refractivity contribution is 5.86. The number of benzene rings is 1. The molecule has 1 rings (SSSR count). The van der Waals surface area contributed by atoms with Gasteiger partial charge in [-0.2, -0.15) is 0 Å². The normalized spacial score (nSPS) is 8.74. The summed E-state index contributed by atoms with van der Waals surface area (Å²) in [5.41, 5.74) is 1.98. The quantitative estimate of drug-likeness (QED) is 0.253. The minimum atomic E-state index is -0.981. The van der Waals surface area contributed by atoms with E-state index in [4.69, 9.17) is 20.4 Å². The molecular weight excluding hydrogens is 452 g/mol. The van der Waals surface area contributed by atoms with E-state index in [1.165, 1.54) is 19.4 Å². The molecule has 0 radical (unpaired) electrons. The van der Waals surface area contributed by atoms with E-state index in [9.17, 15) is 19.2 Å². The molecule has 0 bridgehead atoms. The number of aliphatic carboxylic acids is 4. The maximum absolute atomic E-state index is 10.2. The third kappa shape index (κ3) is 37.4. The predicted octanol–water partition coefficient (Wildman–Crippen LogP) is 6.09. The summed E-state index contributed by atoms with van der Waals surface area (Å²) in [6.45, 7) is 19.5. The zero-order chi connectivity index (χ0) is 28.4. The summed E-state index contributed by atoms with van der Waals surface area (Å²) in [5.74, 6) is -3.66. The predicted molar refractivity (Wildman–Crippen MR) is 140 cm³/mol. The van der Waals surface area contributed by atoms with Crippen LogP contribution in [-0.2, 0) is 19.2 Å². The van der Waals surface area contributed by atoms with Crippen LogP contribution in [0.15, 0.2) is 85.5 Å². The van der Waals surface area contributed by atoms with Gasteiger partial charge in [0.15, 0.2) is 0 Å². The van der Waals surface area contributed by atoms with E-state index in [1.54, 1.807) is 13.0 Å². The van der Waals surface area contributed by atoms with Crippen molar-refractivity contribution in [3.63, 3.8) is 0 Å².